The lowest BCUT2D eigenvalue weighted by molar-refractivity contribution is -0.137. The zero-order chi connectivity index (χ0) is 14.3. The number of carbonyl (C=O) groups excluding carboxylic acids is 1. The summed E-state index contributed by atoms with van der Waals surface area (Å²) in [5.41, 5.74) is 7.86. The first-order chi connectivity index (χ1) is 9.08. The van der Waals surface area contributed by atoms with E-state index in [9.17, 15) is 4.79 Å². The van der Waals surface area contributed by atoms with Crippen LogP contribution in [0.4, 0.5) is 5.69 Å². The standard InChI is InChI=1S/C14H20N2O2S/c1-4-10(2)11-7-5-6-8-12(11)16-14(15)19-9-13(17)18-3/h5-8,10H,4,9H2,1-3H3,(H2,15,16). The van der Waals surface area contributed by atoms with E-state index < -0.39 is 0 Å². The number of thioether (sulfide) groups is 1. The van der Waals surface area contributed by atoms with Crippen LogP contribution in [-0.4, -0.2) is 24.0 Å². The van der Waals surface area contributed by atoms with Crippen LogP contribution in [0.25, 0.3) is 0 Å². The molecule has 2 N–H and O–H groups in total. The third kappa shape index (κ3) is 4.95. The van der Waals surface area contributed by atoms with Gasteiger partial charge in [0.25, 0.3) is 0 Å². The molecule has 0 aliphatic heterocycles. The van der Waals surface area contributed by atoms with Crippen LogP contribution < -0.4 is 5.73 Å². The summed E-state index contributed by atoms with van der Waals surface area (Å²) in [5.74, 6) is 0.300. The third-order valence-electron chi connectivity index (χ3n) is 2.88. The Bertz CT molecular complexity index is 461. The number of ether oxygens (including phenoxy) is 1. The van der Waals surface area contributed by atoms with Crippen LogP contribution in [0, 0.1) is 0 Å². The SMILES string of the molecule is CCC(C)c1ccccc1N=C(N)SCC(=O)OC. The van der Waals surface area contributed by atoms with Gasteiger partial charge in [0.15, 0.2) is 5.17 Å². The Balaban J connectivity index is 2.82. The molecular weight excluding hydrogens is 260 g/mol. The van der Waals surface area contributed by atoms with Crippen molar-refractivity contribution in [3.8, 4) is 0 Å². The van der Waals surface area contributed by atoms with Gasteiger partial charge in [-0.2, -0.15) is 0 Å². The maximum atomic E-state index is 11.0. The fourth-order valence-corrected chi connectivity index (χ4v) is 2.12. The second kappa shape index (κ2) is 7.84. The first-order valence-electron chi connectivity index (χ1n) is 6.21. The van der Waals surface area contributed by atoms with E-state index in [1.807, 2.05) is 18.2 Å². The fourth-order valence-electron chi connectivity index (χ4n) is 1.57. The molecule has 1 aromatic rings. The molecule has 0 saturated heterocycles. The second-order valence-electron chi connectivity index (χ2n) is 4.18. The summed E-state index contributed by atoms with van der Waals surface area (Å²) in [4.78, 5) is 15.4. The van der Waals surface area contributed by atoms with Crippen LogP contribution >= 0.6 is 11.8 Å². The molecule has 1 unspecified atom stereocenters. The van der Waals surface area contributed by atoms with Gasteiger partial charge in [0, 0.05) is 0 Å². The molecule has 1 atom stereocenters. The van der Waals surface area contributed by atoms with Gasteiger partial charge in [-0.05, 0) is 24.0 Å². The summed E-state index contributed by atoms with van der Waals surface area (Å²) in [7, 11) is 1.36. The van der Waals surface area contributed by atoms with Crippen LogP contribution in [-0.2, 0) is 9.53 Å². The smallest absolute Gasteiger partial charge is 0.316 e. The lowest BCUT2D eigenvalue weighted by atomic mass is 9.97. The number of hydrogen-bond donors (Lipinski definition) is 1. The van der Waals surface area contributed by atoms with E-state index in [1.165, 1.54) is 24.4 Å². The van der Waals surface area contributed by atoms with Crippen LogP contribution in [0.5, 0.6) is 0 Å². The Morgan fingerprint density at radius 2 is 2.16 bits per heavy atom. The third-order valence-corrected chi connectivity index (χ3v) is 3.64. The van der Waals surface area contributed by atoms with Crippen LogP contribution in [0.3, 0.4) is 0 Å². The number of esters is 1. The fraction of sp³-hybridized carbons (Fsp3) is 0.429. The highest BCUT2D eigenvalue weighted by atomic mass is 32.2. The van der Waals surface area contributed by atoms with Crippen LogP contribution in [0.15, 0.2) is 29.3 Å². The average Bonchev–Trinajstić information content (AvgIpc) is 2.44. The number of hydrogen-bond acceptors (Lipinski definition) is 4. The number of nitrogens with zero attached hydrogens (tertiary/aromatic N) is 1. The Labute approximate surface area is 118 Å². The van der Waals surface area contributed by atoms with Gasteiger partial charge in [-0.15, -0.1) is 0 Å². The van der Waals surface area contributed by atoms with Gasteiger partial charge in [-0.3, -0.25) is 4.79 Å². The predicted octanol–water partition coefficient (Wildman–Crippen LogP) is 3.05. The zero-order valence-corrected chi connectivity index (χ0v) is 12.4. The van der Waals surface area contributed by atoms with Gasteiger partial charge in [0.05, 0.1) is 18.6 Å². The molecular formula is C14H20N2O2S. The average molecular weight is 280 g/mol. The minimum Gasteiger partial charge on any atom is -0.468 e. The number of benzene rings is 1. The molecule has 0 aromatic heterocycles. The van der Waals surface area contributed by atoms with E-state index in [1.54, 1.807) is 0 Å². The predicted molar refractivity (Wildman–Crippen MR) is 80.9 cm³/mol. The Morgan fingerprint density at radius 1 is 1.47 bits per heavy atom. The molecule has 0 bridgehead atoms. The van der Waals surface area contributed by atoms with Crippen molar-refractivity contribution in [1.82, 2.24) is 0 Å². The van der Waals surface area contributed by atoms with E-state index in [0.717, 1.165) is 12.1 Å². The molecule has 19 heavy (non-hydrogen) atoms. The molecule has 0 saturated carbocycles. The number of nitrogens with two attached hydrogens (primary N) is 1. The molecule has 0 heterocycles. The minimum atomic E-state index is -0.307. The molecule has 0 fully saturated rings. The van der Waals surface area contributed by atoms with Gasteiger partial charge in [0.2, 0.25) is 0 Å². The van der Waals surface area contributed by atoms with Crippen molar-refractivity contribution in [3.63, 3.8) is 0 Å². The van der Waals surface area contributed by atoms with Gasteiger partial charge in [-0.1, -0.05) is 43.8 Å². The van der Waals surface area contributed by atoms with Crippen molar-refractivity contribution in [2.75, 3.05) is 12.9 Å². The molecule has 0 spiro atoms. The zero-order valence-electron chi connectivity index (χ0n) is 11.6. The molecule has 1 aromatic carbocycles. The van der Waals surface area contributed by atoms with Crippen molar-refractivity contribution >= 4 is 28.6 Å². The summed E-state index contributed by atoms with van der Waals surface area (Å²) in [5, 5.41) is 0.376. The van der Waals surface area contributed by atoms with Crippen LogP contribution in [0.2, 0.25) is 0 Å². The molecule has 1 rings (SSSR count). The highest BCUT2D eigenvalue weighted by Crippen LogP contribution is 2.29. The topological polar surface area (TPSA) is 64.7 Å². The number of carbonyl (C=O) groups is 1. The van der Waals surface area contributed by atoms with Crippen molar-refractivity contribution in [1.29, 1.82) is 0 Å². The second-order valence-corrected chi connectivity index (χ2v) is 5.18. The normalized spacial score (nSPS) is 13.1. The highest BCUT2D eigenvalue weighted by molar-refractivity contribution is 8.14. The molecule has 0 aliphatic rings. The van der Waals surface area contributed by atoms with E-state index in [2.05, 4.69) is 29.6 Å². The summed E-state index contributed by atoms with van der Waals surface area (Å²) < 4.78 is 4.56. The summed E-state index contributed by atoms with van der Waals surface area (Å²) >= 11 is 1.19. The van der Waals surface area contributed by atoms with E-state index in [4.69, 9.17) is 5.73 Å². The Hall–Kier alpha value is -1.49. The maximum absolute atomic E-state index is 11.0. The number of amidine groups is 1. The molecule has 0 aliphatic carbocycles. The van der Waals surface area contributed by atoms with Crippen molar-refractivity contribution in [2.45, 2.75) is 26.2 Å². The van der Waals surface area contributed by atoms with E-state index >= 15 is 0 Å². The largest absolute Gasteiger partial charge is 0.468 e. The monoisotopic (exact) mass is 280 g/mol. The lowest BCUT2D eigenvalue weighted by Crippen LogP contribution is -2.12. The molecule has 0 amide bonds. The summed E-state index contributed by atoms with van der Waals surface area (Å²) in [6.07, 6.45) is 1.04. The number of methoxy groups -OCH3 is 1. The maximum Gasteiger partial charge on any atom is 0.316 e. The molecule has 5 heteroatoms. The molecule has 104 valence electrons. The first kappa shape index (κ1) is 15.6. The van der Waals surface area contributed by atoms with Gasteiger partial charge >= 0.3 is 5.97 Å². The van der Waals surface area contributed by atoms with E-state index in [0.29, 0.717) is 11.1 Å². The van der Waals surface area contributed by atoms with Gasteiger partial charge in [-0.25, -0.2) is 4.99 Å². The minimum absolute atomic E-state index is 0.178. The number of para-hydroxylation sites is 1. The molecule has 4 nitrogen and oxygen atoms in total. The highest BCUT2D eigenvalue weighted by Gasteiger charge is 2.09. The van der Waals surface area contributed by atoms with Gasteiger partial charge in [0.1, 0.15) is 0 Å². The number of aliphatic imine (C=N–C) groups is 1. The van der Waals surface area contributed by atoms with Crippen molar-refractivity contribution < 1.29 is 9.53 Å². The Morgan fingerprint density at radius 3 is 2.79 bits per heavy atom. The molecule has 0 radical (unpaired) electrons. The Kier molecular flexibility index (Phi) is 6.42. The lowest BCUT2D eigenvalue weighted by Gasteiger charge is -2.12. The van der Waals surface area contributed by atoms with Gasteiger partial charge < -0.3 is 10.5 Å². The summed E-state index contributed by atoms with van der Waals surface area (Å²) in [6, 6.07) is 7.93. The van der Waals surface area contributed by atoms with Crippen LogP contribution in [0.1, 0.15) is 31.7 Å². The quantitative estimate of drug-likeness (QED) is 0.511. The van der Waals surface area contributed by atoms with E-state index in [-0.39, 0.29) is 11.7 Å². The summed E-state index contributed by atoms with van der Waals surface area (Å²) in [6.45, 7) is 4.30. The first-order valence-corrected chi connectivity index (χ1v) is 7.19. The van der Waals surface area contributed by atoms with Crippen molar-refractivity contribution in [3.05, 3.63) is 29.8 Å². The van der Waals surface area contributed by atoms with Crippen molar-refractivity contribution in [2.24, 2.45) is 10.7 Å². The number of rotatable bonds is 5.